The Kier molecular flexibility index (Phi) is 4.56. The van der Waals surface area contributed by atoms with Gasteiger partial charge in [-0.05, 0) is 43.4 Å². The zero-order valence-electron chi connectivity index (χ0n) is 12.8. The average Bonchev–Trinajstić information content (AvgIpc) is 2.74. The van der Waals surface area contributed by atoms with Crippen LogP contribution in [0.3, 0.4) is 0 Å². The Balaban J connectivity index is 1.70. The van der Waals surface area contributed by atoms with E-state index in [-0.39, 0.29) is 0 Å². The molecule has 2 aromatic rings. The van der Waals surface area contributed by atoms with Gasteiger partial charge in [-0.25, -0.2) is 4.98 Å². The molecule has 0 amide bonds. The minimum atomic E-state index is 0.296. The largest absolute Gasteiger partial charge is 0.396 e. The Morgan fingerprint density at radius 3 is 3.05 bits per heavy atom. The van der Waals surface area contributed by atoms with E-state index in [1.807, 2.05) is 6.20 Å². The van der Waals surface area contributed by atoms with E-state index in [2.05, 4.69) is 40.0 Å². The van der Waals surface area contributed by atoms with Crippen LogP contribution in [0.25, 0.3) is 5.65 Å². The summed E-state index contributed by atoms with van der Waals surface area (Å²) >= 11 is 0. The van der Waals surface area contributed by atoms with E-state index in [1.165, 1.54) is 36.9 Å². The summed E-state index contributed by atoms with van der Waals surface area (Å²) < 4.78 is 2.14. The highest BCUT2D eigenvalue weighted by atomic mass is 16.3. The van der Waals surface area contributed by atoms with Crippen molar-refractivity contribution in [3.8, 4) is 0 Å². The van der Waals surface area contributed by atoms with Crippen LogP contribution < -0.4 is 5.32 Å². The second-order valence-corrected chi connectivity index (χ2v) is 6.25. The first-order valence-corrected chi connectivity index (χ1v) is 8.05. The molecule has 0 saturated heterocycles. The fourth-order valence-corrected chi connectivity index (χ4v) is 3.37. The molecule has 1 aliphatic rings. The van der Waals surface area contributed by atoms with Gasteiger partial charge in [0, 0.05) is 25.4 Å². The molecule has 114 valence electrons. The van der Waals surface area contributed by atoms with Crippen molar-refractivity contribution < 1.29 is 5.11 Å². The van der Waals surface area contributed by atoms with Crippen molar-refractivity contribution in [3.05, 3.63) is 35.8 Å². The van der Waals surface area contributed by atoms with E-state index >= 15 is 0 Å². The quantitative estimate of drug-likeness (QED) is 0.850. The third kappa shape index (κ3) is 3.27. The number of pyridine rings is 1. The van der Waals surface area contributed by atoms with Gasteiger partial charge in [-0.1, -0.05) is 19.3 Å². The van der Waals surface area contributed by atoms with E-state index in [4.69, 9.17) is 0 Å². The van der Waals surface area contributed by atoms with Crippen molar-refractivity contribution in [1.29, 1.82) is 0 Å². The molecule has 2 aromatic heterocycles. The SMILES string of the molecule is Cc1ccn2c(CNC3CCCCCC3CO)cnc2c1. The molecule has 0 spiro atoms. The van der Waals surface area contributed by atoms with Crippen molar-refractivity contribution in [1.82, 2.24) is 14.7 Å². The van der Waals surface area contributed by atoms with Crippen LogP contribution in [0.2, 0.25) is 0 Å². The van der Waals surface area contributed by atoms with Crippen LogP contribution in [0.15, 0.2) is 24.5 Å². The van der Waals surface area contributed by atoms with Gasteiger partial charge in [0.25, 0.3) is 0 Å². The smallest absolute Gasteiger partial charge is 0.137 e. The second kappa shape index (κ2) is 6.58. The summed E-state index contributed by atoms with van der Waals surface area (Å²) in [5, 5.41) is 13.2. The van der Waals surface area contributed by atoms with Gasteiger partial charge in [-0.2, -0.15) is 0 Å². The predicted molar refractivity (Wildman–Crippen MR) is 84.2 cm³/mol. The highest BCUT2D eigenvalue weighted by Gasteiger charge is 2.22. The van der Waals surface area contributed by atoms with Crippen LogP contribution in [0, 0.1) is 12.8 Å². The van der Waals surface area contributed by atoms with Crippen LogP contribution in [-0.4, -0.2) is 27.1 Å². The van der Waals surface area contributed by atoms with Gasteiger partial charge in [0.2, 0.25) is 0 Å². The maximum Gasteiger partial charge on any atom is 0.137 e. The molecule has 2 atom stereocenters. The highest BCUT2D eigenvalue weighted by Crippen LogP contribution is 2.23. The van der Waals surface area contributed by atoms with E-state index in [0.29, 0.717) is 18.6 Å². The van der Waals surface area contributed by atoms with Crippen molar-refractivity contribution >= 4 is 5.65 Å². The summed E-state index contributed by atoms with van der Waals surface area (Å²) in [7, 11) is 0. The number of rotatable bonds is 4. The second-order valence-electron chi connectivity index (χ2n) is 6.25. The number of aromatic nitrogens is 2. The Morgan fingerprint density at radius 1 is 1.33 bits per heavy atom. The average molecular weight is 287 g/mol. The zero-order chi connectivity index (χ0) is 14.7. The van der Waals surface area contributed by atoms with Gasteiger partial charge in [0.15, 0.2) is 0 Å². The van der Waals surface area contributed by atoms with E-state index in [1.54, 1.807) is 0 Å². The van der Waals surface area contributed by atoms with Gasteiger partial charge in [0.05, 0.1) is 11.9 Å². The van der Waals surface area contributed by atoms with Gasteiger partial charge < -0.3 is 14.8 Å². The molecule has 3 rings (SSSR count). The lowest BCUT2D eigenvalue weighted by atomic mass is 9.95. The minimum Gasteiger partial charge on any atom is -0.396 e. The maximum absolute atomic E-state index is 9.59. The lowest BCUT2D eigenvalue weighted by molar-refractivity contribution is 0.180. The van der Waals surface area contributed by atoms with Crippen molar-refractivity contribution in [2.75, 3.05) is 6.61 Å². The number of hydrogen-bond acceptors (Lipinski definition) is 3. The van der Waals surface area contributed by atoms with Crippen molar-refractivity contribution in [2.24, 2.45) is 5.92 Å². The predicted octanol–water partition coefficient (Wildman–Crippen LogP) is 2.67. The molecule has 2 N–H and O–H groups in total. The number of nitrogens with zero attached hydrogens (tertiary/aromatic N) is 2. The molecule has 2 heterocycles. The number of imidazole rings is 1. The Bertz CT molecular complexity index is 593. The number of aryl methyl sites for hydroxylation is 1. The van der Waals surface area contributed by atoms with Crippen LogP contribution in [0.4, 0.5) is 0 Å². The molecule has 1 fully saturated rings. The van der Waals surface area contributed by atoms with E-state index < -0.39 is 0 Å². The lowest BCUT2D eigenvalue weighted by Crippen LogP contribution is -2.37. The molecule has 21 heavy (non-hydrogen) atoms. The zero-order valence-corrected chi connectivity index (χ0v) is 12.8. The molecule has 2 unspecified atom stereocenters. The third-order valence-electron chi connectivity index (χ3n) is 4.68. The van der Waals surface area contributed by atoms with Crippen molar-refractivity contribution in [3.63, 3.8) is 0 Å². The number of fused-ring (bicyclic) bond motifs is 1. The minimum absolute atomic E-state index is 0.296. The summed E-state index contributed by atoms with van der Waals surface area (Å²) in [5.41, 5.74) is 3.43. The molecule has 0 radical (unpaired) electrons. The molecule has 4 nitrogen and oxygen atoms in total. The van der Waals surface area contributed by atoms with Crippen LogP contribution in [0.5, 0.6) is 0 Å². The monoisotopic (exact) mass is 287 g/mol. The molecular weight excluding hydrogens is 262 g/mol. The third-order valence-corrected chi connectivity index (χ3v) is 4.68. The topological polar surface area (TPSA) is 49.6 Å². The molecule has 1 saturated carbocycles. The molecular formula is C17H25N3O. The first-order chi connectivity index (χ1) is 10.3. The summed E-state index contributed by atoms with van der Waals surface area (Å²) in [4.78, 5) is 4.47. The number of aliphatic hydroxyl groups is 1. The summed E-state index contributed by atoms with van der Waals surface area (Å²) in [5.74, 6) is 0.397. The van der Waals surface area contributed by atoms with Crippen LogP contribution >= 0.6 is 0 Å². The van der Waals surface area contributed by atoms with Gasteiger partial charge >= 0.3 is 0 Å². The van der Waals surface area contributed by atoms with Crippen LogP contribution in [-0.2, 0) is 6.54 Å². The molecule has 4 heteroatoms. The van der Waals surface area contributed by atoms with E-state index in [0.717, 1.165) is 18.6 Å². The van der Waals surface area contributed by atoms with Crippen LogP contribution in [0.1, 0.15) is 43.4 Å². The fraction of sp³-hybridized carbons (Fsp3) is 0.588. The molecule has 0 bridgehead atoms. The summed E-state index contributed by atoms with van der Waals surface area (Å²) in [6, 6.07) is 4.64. The normalized spacial score (nSPS) is 23.3. The van der Waals surface area contributed by atoms with Gasteiger partial charge in [-0.15, -0.1) is 0 Å². The number of nitrogens with one attached hydrogen (secondary N) is 1. The maximum atomic E-state index is 9.59. The summed E-state index contributed by atoms with van der Waals surface area (Å²) in [6.45, 7) is 3.19. The Hall–Kier alpha value is -1.39. The van der Waals surface area contributed by atoms with E-state index in [9.17, 15) is 5.11 Å². The Labute approximate surface area is 126 Å². The van der Waals surface area contributed by atoms with Gasteiger partial charge in [-0.3, -0.25) is 0 Å². The molecule has 1 aliphatic carbocycles. The van der Waals surface area contributed by atoms with Crippen molar-refractivity contribution in [2.45, 2.75) is 51.6 Å². The first-order valence-electron chi connectivity index (χ1n) is 8.05. The summed E-state index contributed by atoms with van der Waals surface area (Å²) in [6.07, 6.45) is 10.2. The van der Waals surface area contributed by atoms with Gasteiger partial charge in [0.1, 0.15) is 5.65 Å². The standard InChI is InChI=1S/C17H25N3O/c1-13-7-8-20-15(11-19-17(20)9-13)10-18-16-6-4-2-3-5-14(16)12-21/h7-9,11,14,16,18,21H,2-6,10,12H2,1H3. The molecule has 0 aliphatic heterocycles. The number of aliphatic hydroxyl groups excluding tert-OH is 1. The lowest BCUT2D eigenvalue weighted by Gasteiger charge is -2.24. The number of hydrogen-bond donors (Lipinski definition) is 2. The highest BCUT2D eigenvalue weighted by molar-refractivity contribution is 5.42. The first kappa shape index (κ1) is 14.5. The Morgan fingerprint density at radius 2 is 2.19 bits per heavy atom. The molecule has 0 aromatic carbocycles. The fourth-order valence-electron chi connectivity index (χ4n) is 3.37.